The van der Waals surface area contributed by atoms with Gasteiger partial charge in [0.1, 0.15) is 17.3 Å². The number of aliphatic hydroxyl groups is 1. The van der Waals surface area contributed by atoms with Gasteiger partial charge in [0, 0.05) is 11.6 Å². The summed E-state index contributed by atoms with van der Waals surface area (Å²) in [6.07, 6.45) is 0.594. The van der Waals surface area contributed by atoms with Crippen LogP contribution in [0.1, 0.15) is 30.5 Å². The Balaban J connectivity index is 2.27. The number of amides is 1. The van der Waals surface area contributed by atoms with Gasteiger partial charge in [0.15, 0.2) is 0 Å². The quantitative estimate of drug-likeness (QED) is 0.407. The van der Waals surface area contributed by atoms with Crippen LogP contribution >= 0.6 is 23.2 Å². The summed E-state index contributed by atoms with van der Waals surface area (Å²) < 4.78 is 18.7. The topological polar surface area (TPSA) is 66.8 Å². The molecule has 29 heavy (non-hydrogen) atoms. The van der Waals surface area contributed by atoms with Crippen LogP contribution in [0.4, 0.5) is 4.39 Å². The predicted molar refractivity (Wildman–Crippen MR) is 109 cm³/mol. The minimum Gasteiger partial charge on any atom is -0.507 e. The molecule has 8 heteroatoms. The lowest BCUT2D eigenvalue weighted by atomic mass is 9.95. The van der Waals surface area contributed by atoms with Crippen LogP contribution in [0.2, 0.25) is 10.0 Å². The molecule has 0 radical (unpaired) electrons. The van der Waals surface area contributed by atoms with Crippen molar-refractivity contribution in [1.82, 2.24) is 4.90 Å². The fourth-order valence-corrected chi connectivity index (χ4v) is 4.00. The SMILES string of the molecule is CCCN1C(=O)C(=O)/C(=C(/O)c2cc(Cl)cc(Cl)c2OC)C1c1ccc(F)cc1. The Kier molecular flexibility index (Phi) is 6.15. The minimum atomic E-state index is -0.877. The third-order valence-electron chi connectivity index (χ3n) is 4.66. The summed E-state index contributed by atoms with van der Waals surface area (Å²) in [5.41, 5.74) is 0.450. The Hall–Kier alpha value is -2.57. The standard InChI is InChI=1S/C21H18Cl2FNO4/c1-3-8-25-17(11-4-6-13(24)7-5-11)16(19(27)21(25)28)18(26)14-9-12(22)10-15(23)20(14)29-2/h4-7,9-10,17,26H,3,8H2,1-2H3/b18-16+. The summed E-state index contributed by atoms with van der Waals surface area (Å²) in [6, 6.07) is 7.38. The van der Waals surface area contributed by atoms with E-state index in [-0.39, 0.29) is 33.5 Å². The van der Waals surface area contributed by atoms with Gasteiger partial charge < -0.3 is 14.7 Å². The van der Waals surface area contributed by atoms with Crippen LogP contribution < -0.4 is 4.74 Å². The van der Waals surface area contributed by atoms with Gasteiger partial charge in [-0.1, -0.05) is 42.3 Å². The van der Waals surface area contributed by atoms with Gasteiger partial charge in [0.05, 0.1) is 29.3 Å². The molecule has 1 aliphatic heterocycles. The number of hydrogen-bond acceptors (Lipinski definition) is 4. The van der Waals surface area contributed by atoms with Crippen LogP contribution in [0.5, 0.6) is 5.75 Å². The molecule has 0 bridgehead atoms. The maximum atomic E-state index is 13.4. The van der Waals surface area contributed by atoms with Crippen molar-refractivity contribution in [2.24, 2.45) is 0 Å². The Bertz CT molecular complexity index is 1000. The Morgan fingerprint density at radius 1 is 1.21 bits per heavy atom. The van der Waals surface area contributed by atoms with Crippen molar-refractivity contribution in [3.8, 4) is 5.75 Å². The van der Waals surface area contributed by atoms with Crippen molar-refractivity contribution in [3.05, 3.63) is 69.0 Å². The average molecular weight is 438 g/mol. The molecule has 5 nitrogen and oxygen atoms in total. The molecule has 3 rings (SSSR count). The monoisotopic (exact) mass is 437 g/mol. The van der Waals surface area contributed by atoms with E-state index < -0.39 is 29.3 Å². The van der Waals surface area contributed by atoms with Gasteiger partial charge in [0.2, 0.25) is 0 Å². The fourth-order valence-electron chi connectivity index (χ4n) is 3.43. The molecule has 1 unspecified atom stereocenters. The highest BCUT2D eigenvalue weighted by Gasteiger charge is 2.46. The van der Waals surface area contributed by atoms with Crippen LogP contribution in [-0.2, 0) is 9.59 Å². The van der Waals surface area contributed by atoms with Crippen molar-refractivity contribution in [1.29, 1.82) is 0 Å². The molecule has 1 aliphatic rings. The summed E-state index contributed by atoms with van der Waals surface area (Å²) >= 11 is 12.2. The van der Waals surface area contributed by atoms with Gasteiger partial charge in [0.25, 0.3) is 11.7 Å². The molecule has 0 spiro atoms. The van der Waals surface area contributed by atoms with Crippen LogP contribution in [-0.4, -0.2) is 35.4 Å². The molecule has 1 N–H and O–H groups in total. The van der Waals surface area contributed by atoms with E-state index in [0.29, 0.717) is 12.0 Å². The second kappa shape index (κ2) is 8.43. The number of carbonyl (C=O) groups excluding carboxylic acids is 2. The number of likely N-dealkylation sites (tertiary alicyclic amines) is 1. The highest BCUT2D eigenvalue weighted by molar-refractivity contribution is 6.46. The lowest BCUT2D eigenvalue weighted by Gasteiger charge is -2.25. The molecule has 0 aliphatic carbocycles. The van der Waals surface area contributed by atoms with Crippen molar-refractivity contribution in [2.45, 2.75) is 19.4 Å². The van der Waals surface area contributed by atoms with E-state index in [0.717, 1.165) is 0 Å². The molecular weight excluding hydrogens is 420 g/mol. The van der Waals surface area contributed by atoms with E-state index in [1.165, 1.54) is 48.4 Å². The molecule has 1 amide bonds. The van der Waals surface area contributed by atoms with Crippen LogP contribution in [0.3, 0.4) is 0 Å². The van der Waals surface area contributed by atoms with Gasteiger partial charge in [-0.05, 0) is 36.2 Å². The summed E-state index contributed by atoms with van der Waals surface area (Å²) in [7, 11) is 1.36. The summed E-state index contributed by atoms with van der Waals surface area (Å²) in [5.74, 6) is -2.38. The van der Waals surface area contributed by atoms with Gasteiger partial charge in [-0.2, -0.15) is 0 Å². The average Bonchev–Trinajstić information content (AvgIpc) is 2.93. The zero-order chi connectivity index (χ0) is 21.3. The summed E-state index contributed by atoms with van der Waals surface area (Å²) in [5, 5.41) is 11.4. The molecular formula is C21H18Cl2FNO4. The first kappa shape index (κ1) is 21.1. The molecule has 1 fully saturated rings. The highest BCUT2D eigenvalue weighted by atomic mass is 35.5. The highest BCUT2D eigenvalue weighted by Crippen LogP contribution is 2.43. The fraction of sp³-hybridized carbons (Fsp3) is 0.238. The number of rotatable bonds is 5. The van der Waals surface area contributed by atoms with E-state index in [2.05, 4.69) is 0 Å². The van der Waals surface area contributed by atoms with E-state index in [4.69, 9.17) is 27.9 Å². The van der Waals surface area contributed by atoms with Crippen molar-refractivity contribution < 1.29 is 23.8 Å². The first-order valence-electron chi connectivity index (χ1n) is 8.87. The molecule has 1 atom stereocenters. The van der Waals surface area contributed by atoms with Gasteiger partial charge in [-0.25, -0.2) is 4.39 Å². The normalized spacial score (nSPS) is 18.4. The Morgan fingerprint density at radius 3 is 2.45 bits per heavy atom. The third kappa shape index (κ3) is 3.82. The third-order valence-corrected chi connectivity index (χ3v) is 5.16. The van der Waals surface area contributed by atoms with Gasteiger partial charge >= 0.3 is 0 Å². The van der Waals surface area contributed by atoms with E-state index in [1.54, 1.807) is 0 Å². The van der Waals surface area contributed by atoms with Gasteiger partial charge in [-0.15, -0.1) is 0 Å². The number of ketones is 1. The number of aliphatic hydroxyl groups excluding tert-OH is 1. The number of ether oxygens (including phenoxy) is 1. The second-order valence-electron chi connectivity index (χ2n) is 6.51. The molecule has 0 aromatic heterocycles. The summed E-state index contributed by atoms with van der Waals surface area (Å²) in [6.45, 7) is 2.15. The van der Waals surface area contributed by atoms with Crippen molar-refractivity contribution >= 4 is 40.7 Å². The number of benzene rings is 2. The first-order chi connectivity index (χ1) is 13.8. The molecule has 152 valence electrons. The predicted octanol–water partition coefficient (Wildman–Crippen LogP) is 4.97. The lowest BCUT2D eigenvalue weighted by Crippen LogP contribution is -2.30. The van der Waals surface area contributed by atoms with Crippen LogP contribution in [0, 0.1) is 5.82 Å². The van der Waals surface area contributed by atoms with E-state index in [1.807, 2.05) is 6.92 Å². The molecule has 1 heterocycles. The van der Waals surface area contributed by atoms with E-state index in [9.17, 15) is 19.1 Å². The van der Waals surface area contributed by atoms with Crippen LogP contribution in [0.15, 0.2) is 42.0 Å². The molecule has 1 saturated heterocycles. The first-order valence-corrected chi connectivity index (χ1v) is 9.63. The van der Waals surface area contributed by atoms with E-state index >= 15 is 0 Å². The smallest absolute Gasteiger partial charge is 0.295 e. The number of halogens is 3. The molecule has 2 aromatic carbocycles. The molecule has 2 aromatic rings. The lowest BCUT2D eigenvalue weighted by molar-refractivity contribution is -0.139. The van der Waals surface area contributed by atoms with Crippen molar-refractivity contribution in [3.63, 3.8) is 0 Å². The number of hydrogen-bond donors (Lipinski definition) is 1. The zero-order valence-corrected chi connectivity index (χ0v) is 17.2. The van der Waals surface area contributed by atoms with Gasteiger partial charge in [-0.3, -0.25) is 9.59 Å². The number of carbonyl (C=O) groups is 2. The largest absolute Gasteiger partial charge is 0.507 e. The minimum absolute atomic E-state index is 0.0895. The maximum absolute atomic E-state index is 13.4. The number of Topliss-reactive ketones (excluding diaryl/α,β-unsaturated/α-hetero) is 1. The number of methoxy groups -OCH3 is 1. The second-order valence-corrected chi connectivity index (χ2v) is 7.36. The zero-order valence-electron chi connectivity index (χ0n) is 15.7. The maximum Gasteiger partial charge on any atom is 0.295 e. The molecule has 0 saturated carbocycles. The number of nitrogens with zero attached hydrogens (tertiary/aromatic N) is 1. The summed E-state index contributed by atoms with van der Waals surface area (Å²) in [4.78, 5) is 26.9. The van der Waals surface area contributed by atoms with Crippen molar-refractivity contribution in [2.75, 3.05) is 13.7 Å². The Morgan fingerprint density at radius 2 is 1.86 bits per heavy atom. The Labute approximate surface area is 177 Å². The van der Waals surface area contributed by atoms with Crippen LogP contribution in [0.25, 0.3) is 5.76 Å².